The van der Waals surface area contributed by atoms with Crippen molar-refractivity contribution in [3.05, 3.63) is 77.0 Å². The first-order valence-corrected chi connectivity index (χ1v) is 11.0. The van der Waals surface area contributed by atoms with Gasteiger partial charge < -0.3 is 5.32 Å². The lowest BCUT2D eigenvalue weighted by molar-refractivity contribution is -0.137. The molecule has 0 fully saturated rings. The van der Waals surface area contributed by atoms with Crippen LogP contribution in [0.15, 0.2) is 48.8 Å². The van der Waals surface area contributed by atoms with Crippen molar-refractivity contribution in [2.24, 2.45) is 0 Å². The summed E-state index contributed by atoms with van der Waals surface area (Å²) in [6, 6.07) is 8.70. The summed E-state index contributed by atoms with van der Waals surface area (Å²) in [5.41, 5.74) is 0.635. The van der Waals surface area contributed by atoms with Crippen LogP contribution in [-0.2, 0) is 11.9 Å². The minimum absolute atomic E-state index is 0.127. The highest BCUT2D eigenvalue weighted by Gasteiger charge is 2.31. The number of carbonyl (C=O) groups is 1. The Hall–Kier alpha value is -2.88. The number of pyridine rings is 1. The number of rotatable bonds is 8. The van der Waals surface area contributed by atoms with Crippen LogP contribution < -0.4 is 5.32 Å². The molecule has 0 atom stereocenters. The number of hydrogen-bond donors (Lipinski definition) is 1. The number of nitrogens with one attached hydrogen (secondary N) is 1. The van der Waals surface area contributed by atoms with Crippen molar-refractivity contribution < 1.29 is 22.4 Å². The number of hydrogen-bond acceptors (Lipinski definition) is 4. The molecule has 3 rings (SSSR count). The van der Waals surface area contributed by atoms with Gasteiger partial charge in [0.25, 0.3) is 5.91 Å². The van der Waals surface area contributed by atoms with E-state index in [1.165, 1.54) is 34.8 Å². The van der Waals surface area contributed by atoms with Crippen molar-refractivity contribution in [3.8, 4) is 5.82 Å². The standard InChI is InChI=1S/C22H22F4N4OS/c1-14(2)20-17(12-29-30(20)19-8-7-16(11-28-19)22(24,25)26)21(31)27-9-10-32-13-15-5-3-4-6-18(15)23/h3-8,11-12,14H,9-10,13H2,1-2H3,(H,27,31). The Labute approximate surface area is 187 Å². The molecule has 0 aliphatic heterocycles. The molecule has 0 aliphatic rings. The van der Waals surface area contributed by atoms with Gasteiger partial charge in [0, 0.05) is 24.2 Å². The number of thioether (sulfide) groups is 1. The number of alkyl halides is 3. The van der Waals surface area contributed by atoms with E-state index in [-0.39, 0.29) is 23.5 Å². The van der Waals surface area contributed by atoms with Gasteiger partial charge in [0.15, 0.2) is 5.82 Å². The Morgan fingerprint density at radius 3 is 2.53 bits per heavy atom. The van der Waals surface area contributed by atoms with Gasteiger partial charge >= 0.3 is 6.18 Å². The highest BCUT2D eigenvalue weighted by atomic mass is 32.2. The molecule has 0 aliphatic carbocycles. The van der Waals surface area contributed by atoms with Gasteiger partial charge in [-0.3, -0.25) is 4.79 Å². The van der Waals surface area contributed by atoms with Crippen LogP contribution in [0.1, 0.15) is 46.9 Å². The van der Waals surface area contributed by atoms with E-state index >= 15 is 0 Å². The van der Waals surface area contributed by atoms with Crippen LogP contribution in [0.3, 0.4) is 0 Å². The molecule has 170 valence electrons. The Balaban J connectivity index is 1.64. The third-order valence-corrected chi connectivity index (χ3v) is 5.65. The molecular formula is C22H22F4N4OS. The van der Waals surface area contributed by atoms with Gasteiger partial charge in [-0.05, 0) is 29.7 Å². The topological polar surface area (TPSA) is 59.8 Å². The molecule has 2 aromatic heterocycles. The van der Waals surface area contributed by atoms with E-state index in [4.69, 9.17) is 0 Å². The van der Waals surface area contributed by atoms with E-state index in [2.05, 4.69) is 15.4 Å². The summed E-state index contributed by atoms with van der Waals surface area (Å²) in [4.78, 5) is 16.6. The molecule has 1 amide bonds. The maximum Gasteiger partial charge on any atom is 0.417 e. The number of carbonyl (C=O) groups excluding carboxylic acids is 1. The zero-order valence-corrected chi connectivity index (χ0v) is 18.3. The molecule has 5 nitrogen and oxygen atoms in total. The average molecular weight is 467 g/mol. The number of halogens is 4. The van der Waals surface area contributed by atoms with Crippen LogP contribution in [-0.4, -0.2) is 33.0 Å². The molecule has 1 N–H and O–H groups in total. The van der Waals surface area contributed by atoms with Gasteiger partial charge in [-0.25, -0.2) is 14.1 Å². The molecule has 0 saturated carbocycles. The summed E-state index contributed by atoms with van der Waals surface area (Å²) >= 11 is 1.50. The lowest BCUT2D eigenvalue weighted by Gasteiger charge is -2.13. The smallest absolute Gasteiger partial charge is 0.351 e. The zero-order valence-electron chi connectivity index (χ0n) is 17.5. The summed E-state index contributed by atoms with van der Waals surface area (Å²) in [5, 5.41) is 6.99. The van der Waals surface area contributed by atoms with Crippen LogP contribution in [0.25, 0.3) is 5.82 Å². The van der Waals surface area contributed by atoms with E-state index in [0.29, 0.717) is 34.9 Å². The van der Waals surface area contributed by atoms with E-state index in [9.17, 15) is 22.4 Å². The van der Waals surface area contributed by atoms with E-state index in [1.54, 1.807) is 18.2 Å². The second-order valence-corrected chi connectivity index (χ2v) is 8.42. The first kappa shape index (κ1) is 23.8. The summed E-state index contributed by atoms with van der Waals surface area (Å²) in [7, 11) is 0. The fraction of sp³-hybridized carbons (Fsp3) is 0.318. The first-order valence-electron chi connectivity index (χ1n) is 9.89. The highest BCUT2D eigenvalue weighted by Crippen LogP contribution is 2.29. The SMILES string of the molecule is CC(C)c1c(C(=O)NCCSCc2ccccc2F)cnn1-c1ccc(C(F)(F)F)cn1. The Kier molecular flexibility index (Phi) is 7.55. The fourth-order valence-corrected chi connectivity index (χ4v) is 3.92. The van der Waals surface area contributed by atoms with E-state index < -0.39 is 11.7 Å². The predicted molar refractivity (Wildman–Crippen MR) is 115 cm³/mol. The van der Waals surface area contributed by atoms with Crippen molar-refractivity contribution in [2.45, 2.75) is 31.7 Å². The molecule has 1 aromatic carbocycles. The quantitative estimate of drug-likeness (QED) is 0.366. The molecule has 32 heavy (non-hydrogen) atoms. The van der Waals surface area contributed by atoms with Crippen LogP contribution in [0, 0.1) is 5.82 Å². The van der Waals surface area contributed by atoms with Crippen LogP contribution in [0.2, 0.25) is 0 Å². The molecule has 0 unspecified atom stereocenters. The molecule has 0 bridgehead atoms. The van der Waals surface area contributed by atoms with Crippen LogP contribution >= 0.6 is 11.8 Å². The first-order chi connectivity index (χ1) is 15.2. The Morgan fingerprint density at radius 2 is 1.91 bits per heavy atom. The minimum Gasteiger partial charge on any atom is -0.351 e. The van der Waals surface area contributed by atoms with E-state index in [1.807, 2.05) is 13.8 Å². The number of amides is 1. The Morgan fingerprint density at radius 1 is 1.16 bits per heavy atom. The summed E-state index contributed by atoms with van der Waals surface area (Å²) in [6.45, 7) is 4.09. The lowest BCUT2D eigenvalue weighted by Crippen LogP contribution is -2.27. The molecule has 0 spiro atoms. The van der Waals surface area contributed by atoms with Crippen molar-refractivity contribution in [3.63, 3.8) is 0 Å². The zero-order chi connectivity index (χ0) is 23.3. The maximum absolute atomic E-state index is 13.6. The van der Waals surface area contributed by atoms with Gasteiger partial charge in [-0.2, -0.15) is 30.0 Å². The second kappa shape index (κ2) is 10.2. The lowest BCUT2D eigenvalue weighted by atomic mass is 10.1. The summed E-state index contributed by atoms with van der Waals surface area (Å²) in [6.07, 6.45) is -2.35. The molecular weight excluding hydrogens is 444 g/mol. The van der Waals surface area contributed by atoms with Crippen LogP contribution in [0.4, 0.5) is 17.6 Å². The summed E-state index contributed by atoms with van der Waals surface area (Å²) in [5.74, 6) is 0.565. The largest absolute Gasteiger partial charge is 0.417 e. The molecule has 0 saturated heterocycles. The second-order valence-electron chi connectivity index (χ2n) is 7.31. The highest BCUT2D eigenvalue weighted by molar-refractivity contribution is 7.98. The van der Waals surface area contributed by atoms with Gasteiger partial charge in [0.2, 0.25) is 0 Å². The van der Waals surface area contributed by atoms with E-state index in [0.717, 1.165) is 12.3 Å². The monoisotopic (exact) mass is 466 g/mol. The minimum atomic E-state index is -4.48. The van der Waals surface area contributed by atoms with Crippen molar-refractivity contribution in [2.75, 3.05) is 12.3 Å². The van der Waals surface area contributed by atoms with Crippen molar-refractivity contribution >= 4 is 17.7 Å². The number of benzene rings is 1. The summed E-state index contributed by atoms with van der Waals surface area (Å²) < 4.78 is 53.4. The number of aromatic nitrogens is 3. The van der Waals surface area contributed by atoms with Crippen molar-refractivity contribution in [1.82, 2.24) is 20.1 Å². The third kappa shape index (κ3) is 5.67. The normalized spacial score (nSPS) is 11.7. The van der Waals surface area contributed by atoms with Gasteiger partial charge in [0.1, 0.15) is 5.82 Å². The molecule has 0 radical (unpaired) electrons. The van der Waals surface area contributed by atoms with Gasteiger partial charge in [-0.15, -0.1) is 0 Å². The van der Waals surface area contributed by atoms with Crippen LogP contribution in [0.5, 0.6) is 0 Å². The Bertz CT molecular complexity index is 1060. The van der Waals surface area contributed by atoms with Gasteiger partial charge in [0.05, 0.1) is 23.0 Å². The third-order valence-electron chi connectivity index (χ3n) is 4.64. The van der Waals surface area contributed by atoms with Crippen molar-refractivity contribution in [1.29, 1.82) is 0 Å². The molecule has 10 heteroatoms. The molecule has 2 heterocycles. The fourth-order valence-electron chi connectivity index (χ4n) is 3.08. The van der Waals surface area contributed by atoms with Gasteiger partial charge in [-0.1, -0.05) is 32.0 Å². The maximum atomic E-state index is 13.6. The number of nitrogens with zero attached hydrogens (tertiary/aromatic N) is 3. The predicted octanol–water partition coefficient (Wildman–Crippen LogP) is 5.21. The molecule has 3 aromatic rings. The average Bonchev–Trinajstić information content (AvgIpc) is 3.20.